The number of unbranched alkanes of at least 4 members (excludes halogenated alkanes) is 1. The fraction of sp³-hybridized carbons (Fsp3) is 0.846. The van der Waals surface area contributed by atoms with Gasteiger partial charge in [0, 0.05) is 6.54 Å². The number of nitrogens with one attached hydrogen (secondary N) is 1. The van der Waals surface area contributed by atoms with Crippen molar-refractivity contribution in [3.05, 3.63) is 0 Å². The highest BCUT2D eigenvalue weighted by molar-refractivity contribution is 5.87. The maximum Gasteiger partial charge on any atom is 0.240 e. The summed E-state index contributed by atoms with van der Waals surface area (Å²) in [7, 11) is 0. The monoisotopic (exact) mass is 255 g/mol. The first kappa shape index (κ1) is 15.0. The fourth-order valence-electron chi connectivity index (χ4n) is 2.32. The topological polar surface area (TPSA) is 75.4 Å². The normalized spacial score (nSPS) is 23.7. The number of nitrogens with two attached hydrogens (primary N) is 1. The molecule has 2 unspecified atom stereocenters. The van der Waals surface area contributed by atoms with E-state index in [1.54, 1.807) is 4.90 Å². The highest BCUT2D eigenvalue weighted by Crippen LogP contribution is 2.16. The van der Waals surface area contributed by atoms with Gasteiger partial charge in [-0.05, 0) is 31.7 Å². The van der Waals surface area contributed by atoms with E-state index in [-0.39, 0.29) is 18.5 Å². The quantitative estimate of drug-likeness (QED) is 0.725. The number of piperidine rings is 1. The highest BCUT2D eigenvalue weighted by Gasteiger charge is 2.28. The molecule has 18 heavy (non-hydrogen) atoms. The predicted molar refractivity (Wildman–Crippen MR) is 70.9 cm³/mol. The van der Waals surface area contributed by atoms with Crippen molar-refractivity contribution < 1.29 is 9.59 Å². The van der Waals surface area contributed by atoms with E-state index in [0.29, 0.717) is 12.5 Å². The van der Waals surface area contributed by atoms with Gasteiger partial charge in [0.2, 0.25) is 11.8 Å². The lowest BCUT2D eigenvalue weighted by atomic mass is 9.93. The number of primary amides is 1. The Bertz CT molecular complexity index is 294. The van der Waals surface area contributed by atoms with Crippen LogP contribution in [0.15, 0.2) is 0 Å². The SMILES string of the molecule is CCCCN(CC(N)=O)C(=O)C1CC(C)CCN1. The van der Waals surface area contributed by atoms with Crippen LogP contribution in [-0.2, 0) is 9.59 Å². The van der Waals surface area contributed by atoms with Crippen molar-refractivity contribution in [3.63, 3.8) is 0 Å². The molecule has 1 rings (SSSR count). The summed E-state index contributed by atoms with van der Waals surface area (Å²) >= 11 is 0. The van der Waals surface area contributed by atoms with Gasteiger partial charge in [0.15, 0.2) is 0 Å². The van der Waals surface area contributed by atoms with Crippen molar-refractivity contribution in [2.75, 3.05) is 19.6 Å². The number of rotatable bonds is 6. The Morgan fingerprint density at radius 2 is 2.17 bits per heavy atom. The zero-order chi connectivity index (χ0) is 13.5. The van der Waals surface area contributed by atoms with Gasteiger partial charge < -0.3 is 16.0 Å². The van der Waals surface area contributed by atoms with Gasteiger partial charge in [-0.3, -0.25) is 9.59 Å². The molecule has 0 saturated carbocycles. The summed E-state index contributed by atoms with van der Waals surface area (Å²) in [5, 5.41) is 3.24. The van der Waals surface area contributed by atoms with Crippen molar-refractivity contribution in [2.45, 2.75) is 45.6 Å². The van der Waals surface area contributed by atoms with Crippen LogP contribution in [0.3, 0.4) is 0 Å². The van der Waals surface area contributed by atoms with E-state index in [1.807, 2.05) is 0 Å². The Hall–Kier alpha value is -1.10. The van der Waals surface area contributed by atoms with Gasteiger partial charge in [0.25, 0.3) is 0 Å². The number of nitrogens with zero attached hydrogens (tertiary/aromatic N) is 1. The molecule has 3 N–H and O–H groups in total. The third-order valence-corrected chi connectivity index (χ3v) is 3.40. The van der Waals surface area contributed by atoms with E-state index >= 15 is 0 Å². The van der Waals surface area contributed by atoms with E-state index < -0.39 is 5.91 Å². The smallest absolute Gasteiger partial charge is 0.240 e. The molecule has 5 heteroatoms. The first-order chi connectivity index (χ1) is 8.54. The first-order valence-corrected chi connectivity index (χ1v) is 6.85. The average Bonchev–Trinajstić information content (AvgIpc) is 2.33. The number of carbonyl (C=O) groups excluding carboxylic acids is 2. The second-order valence-corrected chi connectivity index (χ2v) is 5.22. The zero-order valence-corrected chi connectivity index (χ0v) is 11.4. The van der Waals surface area contributed by atoms with Crippen LogP contribution in [-0.4, -0.2) is 42.4 Å². The Labute approximate surface area is 109 Å². The molecule has 1 heterocycles. The lowest BCUT2D eigenvalue weighted by Crippen LogP contribution is -2.52. The van der Waals surface area contributed by atoms with E-state index in [1.165, 1.54) is 0 Å². The average molecular weight is 255 g/mol. The van der Waals surface area contributed by atoms with Gasteiger partial charge in [-0.2, -0.15) is 0 Å². The van der Waals surface area contributed by atoms with Gasteiger partial charge in [-0.15, -0.1) is 0 Å². The summed E-state index contributed by atoms with van der Waals surface area (Å²) in [6.07, 6.45) is 3.85. The van der Waals surface area contributed by atoms with Crippen LogP contribution in [0.25, 0.3) is 0 Å². The number of amides is 2. The third kappa shape index (κ3) is 4.64. The fourth-order valence-corrected chi connectivity index (χ4v) is 2.32. The highest BCUT2D eigenvalue weighted by atomic mass is 16.2. The minimum atomic E-state index is -0.441. The van der Waals surface area contributed by atoms with Gasteiger partial charge in [-0.25, -0.2) is 0 Å². The van der Waals surface area contributed by atoms with Gasteiger partial charge in [0.05, 0.1) is 12.6 Å². The molecular formula is C13H25N3O2. The van der Waals surface area contributed by atoms with E-state index in [9.17, 15) is 9.59 Å². The van der Waals surface area contributed by atoms with Crippen molar-refractivity contribution in [3.8, 4) is 0 Å². The summed E-state index contributed by atoms with van der Waals surface area (Å²) in [4.78, 5) is 25.0. The van der Waals surface area contributed by atoms with Gasteiger partial charge >= 0.3 is 0 Å². The molecule has 0 aliphatic carbocycles. The number of hydrogen-bond acceptors (Lipinski definition) is 3. The summed E-state index contributed by atoms with van der Waals surface area (Å²) in [6.45, 7) is 5.74. The second-order valence-electron chi connectivity index (χ2n) is 5.22. The molecule has 5 nitrogen and oxygen atoms in total. The number of carbonyl (C=O) groups is 2. The molecule has 104 valence electrons. The predicted octanol–water partition coefficient (Wildman–Crippen LogP) is 0.489. The summed E-state index contributed by atoms with van der Waals surface area (Å²) in [5.41, 5.74) is 5.21. The molecule has 1 fully saturated rings. The molecule has 0 radical (unpaired) electrons. The van der Waals surface area contributed by atoms with Gasteiger partial charge in [0.1, 0.15) is 0 Å². The maximum atomic E-state index is 12.3. The van der Waals surface area contributed by atoms with Crippen LogP contribution in [0.4, 0.5) is 0 Å². The lowest BCUT2D eigenvalue weighted by Gasteiger charge is -2.31. The minimum Gasteiger partial charge on any atom is -0.368 e. The summed E-state index contributed by atoms with van der Waals surface area (Å²) in [6, 6.07) is -0.148. The van der Waals surface area contributed by atoms with Crippen molar-refractivity contribution in [2.24, 2.45) is 11.7 Å². The molecule has 0 aromatic rings. The van der Waals surface area contributed by atoms with E-state index in [4.69, 9.17) is 5.73 Å². The summed E-state index contributed by atoms with van der Waals surface area (Å²) in [5.74, 6) is 0.138. The van der Waals surface area contributed by atoms with Crippen LogP contribution >= 0.6 is 0 Å². The van der Waals surface area contributed by atoms with E-state index in [2.05, 4.69) is 19.2 Å². The Morgan fingerprint density at radius 3 is 2.72 bits per heavy atom. The number of hydrogen-bond donors (Lipinski definition) is 2. The second kappa shape index (κ2) is 7.36. The molecule has 0 aromatic heterocycles. The first-order valence-electron chi connectivity index (χ1n) is 6.85. The third-order valence-electron chi connectivity index (χ3n) is 3.40. The summed E-state index contributed by atoms with van der Waals surface area (Å²) < 4.78 is 0. The van der Waals surface area contributed by atoms with Crippen molar-refractivity contribution in [1.29, 1.82) is 0 Å². The van der Waals surface area contributed by atoms with Crippen LogP contribution in [0.1, 0.15) is 39.5 Å². The van der Waals surface area contributed by atoms with Crippen LogP contribution < -0.4 is 11.1 Å². The van der Waals surface area contributed by atoms with Gasteiger partial charge in [-0.1, -0.05) is 20.3 Å². The van der Waals surface area contributed by atoms with Crippen molar-refractivity contribution in [1.82, 2.24) is 10.2 Å². The zero-order valence-electron chi connectivity index (χ0n) is 11.4. The molecule has 1 aliphatic heterocycles. The molecule has 1 saturated heterocycles. The Kier molecular flexibility index (Phi) is 6.12. The molecule has 1 aliphatic rings. The molecular weight excluding hydrogens is 230 g/mol. The Balaban J connectivity index is 2.58. The van der Waals surface area contributed by atoms with Crippen LogP contribution in [0.2, 0.25) is 0 Å². The van der Waals surface area contributed by atoms with E-state index in [0.717, 1.165) is 32.2 Å². The standard InChI is InChI=1S/C13H25N3O2/c1-3-4-7-16(9-12(14)17)13(18)11-8-10(2)5-6-15-11/h10-11,15H,3-9H2,1-2H3,(H2,14,17). The minimum absolute atomic E-state index is 0.0220. The molecule has 2 atom stereocenters. The van der Waals surface area contributed by atoms with Crippen LogP contribution in [0.5, 0.6) is 0 Å². The molecule has 0 bridgehead atoms. The van der Waals surface area contributed by atoms with Crippen LogP contribution in [0, 0.1) is 5.92 Å². The Morgan fingerprint density at radius 1 is 1.44 bits per heavy atom. The maximum absolute atomic E-state index is 12.3. The lowest BCUT2D eigenvalue weighted by molar-refractivity contribution is -0.137. The molecule has 0 spiro atoms. The largest absolute Gasteiger partial charge is 0.368 e. The molecule has 2 amide bonds. The van der Waals surface area contributed by atoms with Crippen molar-refractivity contribution >= 4 is 11.8 Å². The molecule has 0 aromatic carbocycles.